The Bertz CT molecular complexity index is 1040. The summed E-state index contributed by atoms with van der Waals surface area (Å²) >= 11 is 0. The van der Waals surface area contributed by atoms with Crippen molar-refractivity contribution in [2.45, 2.75) is 17.4 Å². The number of nitrogens with one attached hydrogen (secondary N) is 1. The predicted molar refractivity (Wildman–Crippen MR) is 84.8 cm³/mol. The lowest BCUT2D eigenvalue weighted by Crippen LogP contribution is -2.31. The molecule has 24 heavy (non-hydrogen) atoms. The Morgan fingerprint density at radius 2 is 2.12 bits per heavy atom. The van der Waals surface area contributed by atoms with E-state index in [4.69, 9.17) is 0 Å². The molecule has 0 amide bonds. The molecule has 9 nitrogen and oxygen atoms in total. The lowest BCUT2D eigenvalue weighted by Gasteiger charge is -2.16. The number of H-pyrrole nitrogens is 1. The average molecular weight is 346 g/mol. The van der Waals surface area contributed by atoms with E-state index in [9.17, 15) is 13.2 Å². The van der Waals surface area contributed by atoms with Gasteiger partial charge in [-0.05, 0) is 18.6 Å². The molecule has 1 atom stereocenters. The zero-order chi connectivity index (χ0) is 16.7. The van der Waals surface area contributed by atoms with Gasteiger partial charge in [-0.15, -0.1) is 0 Å². The van der Waals surface area contributed by atoms with Crippen molar-refractivity contribution < 1.29 is 8.42 Å². The number of aromatic nitrogens is 5. The number of nitrogens with zero attached hydrogens (tertiary/aromatic N) is 5. The van der Waals surface area contributed by atoms with E-state index in [1.807, 2.05) is 0 Å². The molecule has 0 spiro atoms. The van der Waals surface area contributed by atoms with Crippen LogP contribution in [0.5, 0.6) is 0 Å². The quantitative estimate of drug-likeness (QED) is 0.722. The molecule has 1 unspecified atom stereocenters. The standard InChI is InChI=1S/C14H14N6O3S/c21-14-18-12-7-16-9-17-13(12)20(14)10-3-5-19(8-10)24(22,23)11-2-1-4-15-6-11/h1-2,4,6-7,9-10H,3,5,8H2,(H,18,21). The summed E-state index contributed by atoms with van der Waals surface area (Å²) in [5.74, 6) is 0. The third kappa shape index (κ3) is 2.31. The Balaban J connectivity index is 1.68. The van der Waals surface area contributed by atoms with Gasteiger partial charge in [-0.25, -0.2) is 23.2 Å². The zero-order valence-corrected chi connectivity index (χ0v) is 13.3. The van der Waals surface area contributed by atoms with Crippen LogP contribution in [0.15, 0.2) is 46.7 Å². The van der Waals surface area contributed by atoms with Gasteiger partial charge in [-0.2, -0.15) is 4.31 Å². The lowest BCUT2D eigenvalue weighted by atomic mass is 10.2. The van der Waals surface area contributed by atoms with Crippen LogP contribution >= 0.6 is 0 Å². The van der Waals surface area contributed by atoms with E-state index in [0.29, 0.717) is 24.1 Å². The van der Waals surface area contributed by atoms with Crippen LogP contribution in [0.2, 0.25) is 0 Å². The maximum absolute atomic E-state index is 12.7. The topological polar surface area (TPSA) is 114 Å². The summed E-state index contributed by atoms with van der Waals surface area (Å²) in [6.45, 7) is 0.556. The van der Waals surface area contributed by atoms with Crippen molar-refractivity contribution in [1.29, 1.82) is 0 Å². The molecule has 124 valence electrons. The smallest absolute Gasteiger partial charge is 0.303 e. The number of aromatic amines is 1. The Hall–Kier alpha value is -2.59. The van der Waals surface area contributed by atoms with Crippen molar-refractivity contribution in [1.82, 2.24) is 28.8 Å². The first kappa shape index (κ1) is 15.0. The third-order valence-electron chi connectivity index (χ3n) is 4.14. The minimum absolute atomic E-state index is 0.152. The number of hydrogen-bond acceptors (Lipinski definition) is 6. The molecular weight excluding hydrogens is 332 g/mol. The van der Waals surface area contributed by atoms with Crippen molar-refractivity contribution >= 4 is 21.2 Å². The van der Waals surface area contributed by atoms with Crippen molar-refractivity contribution in [3.05, 3.63) is 47.5 Å². The van der Waals surface area contributed by atoms with Crippen molar-refractivity contribution in [3.8, 4) is 0 Å². The Morgan fingerprint density at radius 1 is 1.25 bits per heavy atom. The first-order valence-electron chi connectivity index (χ1n) is 7.38. The highest BCUT2D eigenvalue weighted by atomic mass is 32.2. The fourth-order valence-electron chi connectivity index (χ4n) is 3.00. The summed E-state index contributed by atoms with van der Waals surface area (Å²) in [4.78, 5) is 26.9. The Labute approximate surface area is 137 Å². The van der Waals surface area contributed by atoms with Gasteiger partial charge in [0.15, 0.2) is 5.65 Å². The van der Waals surface area contributed by atoms with Crippen molar-refractivity contribution in [2.75, 3.05) is 13.1 Å². The molecule has 1 aliphatic heterocycles. The van der Waals surface area contributed by atoms with E-state index in [0.717, 1.165) is 0 Å². The minimum Gasteiger partial charge on any atom is -0.303 e. The van der Waals surface area contributed by atoms with Gasteiger partial charge in [0.05, 0.1) is 12.2 Å². The molecule has 10 heteroatoms. The van der Waals surface area contributed by atoms with Gasteiger partial charge in [-0.3, -0.25) is 9.55 Å². The van der Waals surface area contributed by atoms with Gasteiger partial charge in [0, 0.05) is 25.5 Å². The first-order chi connectivity index (χ1) is 11.6. The van der Waals surface area contributed by atoms with Crippen molar-refractivity contribution in [3.63, 3.8) is 0 Å². The number of imidazole rings is 1. The molecule has 1 N–H and O–H groups in total. The molecule has 3 aromatic rings. The monoisotopic (exact) mass is 346 g/mol. The molecule has 1 saturated heterocycles. The van der Waals surface area contributed by atoms with Crippen LogP contribution in [-0.2, 0) is 10.0 Å². The summed E-state index contributed by atoms with van der Waals surface area (Å²) < 4.78 is 28.2. The molecule has 0 radical (unpaired) electrons. The number of fused-ring (bicyclic) bond motifs is 1. The minimum atomic E-state index is -3.62. The number of hydrogen-bond donors (Lipinski definition) is 1. The maximum Gasteiger partial charge on any atom is 0.328 e. The fraction of sp³-hybridized carbons (Fsp3) is 0.286. The largest absolute Gasteiger partial charge is 0.328 e. The lowest BCUT2D eigenvalue weighted by molar-refractivity contribution is 0.451. The van der Waals surface area contributed by atoms with Crippen LogP contribution in [0.25, 0.3) is 11.2 Å². The third-order valence-corrected chi connectivity index (χ3v) is 5.99. The first-order valence-corrected chi connectivity index (χ1v) is 8.82. The Kier molecular flexibility index (Phi) is 3.43. The van der Waals surface area contributed by atoms with Crippen LogP contribution in [0.3, 0.4) is 0 Å². The molecule has 1 fully saturated rings. The fourth-order valence-corrected chi connectivity index (χ4v) is 4.46. The second-order valence-electron chi connectivity index (χ2n) is 5.55. The van der Waals surface area contributed by atoms with Crippen LogP contribution in [0.1, 0.15) is 12.5 Å². The van der Waals surface area contributed by atoms with E-state index in [1.165, 1.54) is 39.9 Å². The molecule has 4 heterocycles. The second-order valence-corrected chi connectivity index (χ2v) is 7.49. The summed E-state index contributed by atoms with van der Waals surface area (Å²) in [6.07, 6.45) is 6.28. The molecule has 0 aliphatic carbocycles. The van der Waals surface area contributed by atoms with E-state index in [-0.39, 0.29) is 23.2 Å². The van der Waals surface area contributed by atoms with Crippen LogP contribution < -0.4 is 5.69 Å². The van der Waals surface area contributed by atoms with E-state index in [1.54, 1.807) is 6.07 Å². The van der Waals surface area contributed by atoms with Crippen LogP contribution in [0, 0.1) is 0 Å². The summed E-state index contributed by atoms with van der Waals surface area (Å²) in [5, 5.41) is 0. The summed E-state index contributed by atoms with van der Waals surface area (Å²) in [6, 6.07) is 2.83. The number of sulfonamides is 1. The molecule has 0 saturated carbocycles. The SMILES string of the molecule is O=c1[nH]c2cncnc2n1C1CCN(S(=O)(=O)c2cccnc2)C1. The molecule has 4 rings (SSSR count). The van der Waals surface area contributed by atoms with Gasteiger partial charge >= 0.3 is 5.69 Å². The normalized spacial score (nSPS) is 19.1. The van der Waals surface area contributed by atoms with Gasteiger partial charge in [0.25, 0.3) is 0 Å². The number of rotatable bonds is 3. The second kappa shape index (κ2) is 5.49. The van der Waals surface area contributed by atoms with Crippen LogP contribution in [0.4, 0.5) is 0 Å². The predicted octanol–water partition coefficient (Wildman–Crippen LogP) is 0.150. The van der Waals surface area contributed by atoms with E-state index in [2.05, 4.69) is 19.9 Å². The highest BCUT2D eigenvalue weighted by molar-refractivity contribution is 7.89. The van der Waals surface area contributed by atoms with Crippen LogP contribution in [-0.4, -0.2) is 50.3 Å². The van der Waals surface area contributed by atoms with Crippen molar-refractivity contribution in [2.24, 2.45) is 0 Å². The highest BCUT2D eigenvalue weighted by Crippen LogP contribution is 2.27. The van der Waals surface area contributed by atoms with E-state index >= 15 is 0 Å². The van der Waals surface area contributed by atoms with Gasteiger partial charge in [-0.1, -0.05) is 0 Å². The Morgan fingerprint density at radius 3 is 2.92 bits per heavy atom. The highest BCUT2D eigenvalue weighted by Gasteiger charge is 2.34. The zero-order valence-electron chi connectivity index (χ0n) is 12.5. The van der Waals surface area contributed by atoms with Gasteiger partial charge in [0.1, 0.15) is 16.7 Å². The molecule has 0 bridgehead atoms. The number of pyridine rings is 1. The molecule has 0 aromatic carbocycles. The summed E-state index contributed by atoms with van der Waals surface area (Å²) in [5.41, 5.74) is 0.716. The van der Waals surface area contributed by atoms with Gasteiger partial charge in [0.2, 0.25) is 10.0 Å². The molecular formula is C14H14N6O3S. The molecule has 3 aromatic heterocycles. The molecule has 1 aliphatic rings. The van der Waals surface area contributed by atoms with E-state index < -0.39 is 10.0 Å². The average Bonchev–Trinajstić information content (AvgIpc) is 3.19. The van der Waals surface area contributed by atoms with Gasteiger partial charge < -0.3 is 4.98 Å². The summed E-state index contributed by atoms with van der Waals surface area (Å²) in [7, 11) is -3.62. The maximum atomic E-state index is 12.7.